The summed E-state index contributed by atoms with van der Waals surface area (Å²) < 4.78 is 64.9. The fraction of sp³-hybridized carbons (Fsp3) is 0.0400. The van der Waals surface area contributed by atoms with Crippen molar-refractivity contribution in [2.75, 3.05) is 0 Å². The van der Waals surface area contributed by atoms with E-state index in [4.69, 9.17) is 0 Å². The van der Waals surface area contributed by atoms with Crippen LogP contribution in [-0.4, -0.2) is 13.0 Å². The third kappa shape index (κ3) is 3.97. The van der Waals surface area contributed by atoms with Crippen molar-refractivity contribution < 1.29 is 21.8 Å². The number of aryl methyl sites for hydroxylation is 1. The van der Waals surface area contributed by atoms with Gasteiger partial charge in [0, 0.05) is 0 Å². The maximum atomic E-state index is 13.9. The van der Waals surface area contributed by atoms with E-state index in [0.717, 1.165) is 5.30 Å². The second kappa shape index (κ2) is 8.55. The van der Waals surface area contributed by atoms with Gasteiger partial charge < -0.3 is 4.55 Å². The molecule has 4 aromatic rings. The molecule has 0 aliphatic carbocycles. The van der Waals surface area contributed by atoms with Crippen LogP contribution in [0.5, 0.6) is 0 Å². The number of halogens is 2. The van der Waals surface area contributed by atoms with Crippen molar-refractivity contribution in [3.8, 4) is 0 Å². The van der Waals surface area contributed by atoms with E-state index in [1.165, 1.54) is 30.3 Å². The van der Waals surface area contributed by atoms with Crippen LogP contribution in [0.15, 0.2) is 102 Å². The van der Waals surface area contributed by atoms with E-state index in [2.05, 4.69) is 0 Å². The highest BCUT2D eigenvalue weighted by Crippen LogP contribution is 2.55. The van der Waals surface area contributed by atoms with Crippen molar-refractivity contribution in [1.82, 2.24) is 0 Å². The van der Waals surface area contributed by atoms with Gasteiger partial charge in [-0.25, -0.2) is 17.2 Å². The van der Waals surface area contributed by atoms with E-state index in [0.29, 0.717) is 21.5 Å². The van der Waals surface area contributed by atoms with E-state index in [1.54, 1.807) is 43.3 Å². The Kier molecular flexibility index (Phi) is 5.95. The summed E-state index contributed by atoms with van der Waals surface area (Å²) in [5.74, 6) is -0.890. The summed E-state index contributed by atoms with van der Waals surface area (Å²) in [6, 6.07) is 25.5. The van der Waals surface area contributed by atoms with Crippen molar-refractivity contribution in [2.24, 2.45) is 0 Å². The highest BCUT2D eigenvalue weighted by atomic mass is 32.2. The first-order chi connectivity index (χ1) is 15.2. The maximum absolute atomic E-state index is 13.9. The number of hydrogen-bond donors (Lipinski definition) is 0. The van der Waals surface area contributed by atoms with Gasteiger partial charge in [0.05, 0.1) is 4.90 Å². The molecule has 0 spiro atoms. The average Bonchev–Trinajstić information content (AvgIpc) is 2.77. The van der Waals surface area contributed by atoms with Gasteiger partial charge in [0.2, 0.25) is 0 Å². The normalized spacial score (nSPS) is 12.0. The van der Waals surface area contributed by atoms with Gasteiger partial charge in [0.15, 0.2) is 0 Å². The molecule has 0 unspecified atom stereocenters. The molecule has 0 radical (unpaired) electrons. The maximum Gasteiger partial charge on any atom is 0.145 e. The molecule has 3 nitrogen and oxygen atoms in total. The zero-order valence-electron chi connectivity index (χ0n) is 17.1. The Bertz CT molecular complexity index is 1310. The molecule has 4 aromatic carbocycles. The Labute approximate surface area is 186 Å². The monoisotopic (exact) mass is 468 g/mol. The van der Waals surface area contributed by atoms with Gasteiger partial charge in [-0.2, -0.15) is 0 Å². The fourth-order valence-electron chi connectivity index (χ4n) is 3.94. The molecule has 0 aliphatic rings. The van der Waals surface area contributed by atoms with E-state index in [-0.39, 0.29) is 4.90 Å². The van der Waals surface area contributed by atoms with Crippen LogP contribution in [0.3, 0.4) is 0 Å². The Morgan fingerprint density at radius 3 is 1.62 bits per heavy atom. The highest BCUT2D eigenvalue weighted by Gasteiger charge is 2.50. The molecule has 7 heteroatoms. The predicted molar refractivity (Wildman–Crippen MR) is 124 cm³/mol. The predicted octanol–water partition coefficient (Wildman–Crippen LogP) is 3.80. The Morgan fingerprint density at radius 1 is 0.688 bits per heavy atom. The van der Waals surface area contributed by atoms with E-state index in [9.17, 15) is 21.8 Å². The Balaban J connectivity index is 2.24. The summed E-state index contributed by atoms with van der Waals surface area (Å²) in [5, 5.41) is 2.37. The molecule has 32 heavy (non-hydrogen) atoms. The first-order valence-electron chi connectivity index (χ1n) is 9.77. The number of rotatable bonds is 5. The molecule has 0 saturated heterocycles. The van der Waals surface area contributed by atoms with Crippen molar-refractivity contribution in [1.29, 1.82) is 0 Å². The fourth-order valence-corrected chi connectivity index (χ4v) is 9.58. The van der Waals surface area contributed by atoms with Gasteiger partial charge in [0.1, 0.15) is 50.2 Å². The summed E-state index contributed by atoms with van der Waals surface area (Å²) in [7, 11) is -7.86. The standard InChI is InChI=1S/C25H19F2O3PS/c1-18-7-16-24(25(17-18)32(28,29)30)31(21-5-3-2-4-6-21,22-12-8-19(26)9-13-22)23-14-10-20(27)11-15-23/h2-17H,1H3. The van der Waals surface area contributed by atoms with Crippen LogP contribution in [0, 0.1) is 18.6 Å². The molecule has 4 rings (SSSR count). The first-order valence-corrected chi connectivity index (χ1v) is 13.0. The Hall–Kier alpha value is -2.92. The minimum absolute atomic E-state index is 0.322. The lowest BCUT2D eigenvalue weighted by molar-refractivity contribution is 0.463. The lowest BCUT2D eigenvalue weighted by atomic mass is 10.2. The molecular weight excluding hydrogens is 449 g/mol. The van der Waals surface area contributed by atoms with Crippen molar-refractivity contribution >= 4 is 38.6 Å². The molecule has 0 aromatic heterocycles. The van der Waals surface area contributed by atoms with Crippen LogP contribution in [0.2, 0.25) is 0 Å². The van der Waals surface area contributed by atoms with Crippen LogP contribution >= 0.6 is 7.26 Å². The lowest BCUT2D eigenvalue weighted by Gasteiger charge is -2.29. The third-order valence-electron chi connectivity index (χ3n) is 5.32. The second-order valence-electron chi connectivity index (χ2n) is 7.38. The van der Waals surface area contributed by atoms with Crippen molar-refractivity contribution in [2.45, 2.75) is 11.8 Å². The zero-order chi connectivity index (χ0) is 22.9. The van der Waals surface area contributed by atoms with Crippen LogP contribution in [0.1, 0.15) is 5.56 Å². The smallest absolute Gasteiger partial charge is 0.145 e. The van der Waals surface area contributed by atoms with E-state index in [1.807, 2.05) is 30.3 Å². The molecule has 0 amide bonds. The van der Waals surface area contributed by atoms with Crippen molar-refractivity contribution in [3.63, 3.8) is 0 Å². The molecule has 162 valence electrons. The summed E-state index contributed by atoms with van der Waals surface area (Å²) in [5.41, 5.74) is 0.618. The van der Waals surface area contributed by atoms with Gasteiger partial charge in [-0.05, 0) is 85.3 Å². The summed E-state index contributed by atoms with van der Waals surface area (Å²) in [4.78, 5) is -0.330. The van der Waals surface area contributed by atoms with Crippen LogP contribution in [-0.2, 0) is 10.1 Å². The van der Waals surface area contributed by atoms with E-state index < -0.39 is 29.0 Å². The number of hydrogen-bond acceptors (Lipinski definition) is 3. The molecule has 0 saturated carbocycles. The van der Waals surface area contributed by atoms with Gasteiger partial charge in [0.25, 0.3) is 0 Å². The second-order valence-corrected chi connectivity index (χ2v) is 12.1. The molecule has 0 bridgehead atoms. The van der Waals surface area contributed by atoms with Crippen LogP contribution in [0.4, 0.5) is 8.78 Å². The molecule has 0 aliphatic heterocycles. The average molecular weight is 468 g/mol. The van der Waals surface area contributed by atoms with Gasteiger partial charge in [-0.3, -0.25) is 0 Å². The number of benzene rings is 4. The summed E-state index contributed by atoms with van der Waals surface area (Å²) >= 11 is 0. The lowest BCUT2D eigenvalue weighted by Crippen LogP contribution is -2.40. The molecule has 0 atom stereocenters. The first kappa shape index (κ1) is 22.3. The van der Waals surface area contributed by atoms with Crippen LogP contribution in [0.25, 0.3) is 0 Å². The molecule has 0 N–H and O–H groups in total. The highest BCUT2D eigenvalue weighted by molar-refractivity contribution is 8.02. The van der Waals surface area contributed by atoms with Crippen LogP contribution < -0.4 is 21.2 Å². The van der Waals surface area contributed by atoms with Gasteiger partial charge >= 0.3 is 0 Å². The van der Waals surface area contributed by atoms with Gasteiger partial charge in [-0.15, -0.1) is 0 Å². The van der Waals surface area contributed by atoms with E-state index >= 15 is 0 Å². The minimum Gasteiger partial charge on any atom is -0.744 e. The summed E-state index contributed by atoms with van der Waals surface area (Å²) in [6.07, 6.45) is 0. The molecular formula is C25H19F2O3PS. The quantitative estimate of drug-likeness (QED) is 0.331. The topological polar surface area (TPSA) is 57.2 Å². The Morgan fingerprint density at radius 2 is 1.16 bits per heavy atom. The third-order valence-corrected chi connectivity index (χ3v) is 10.7. The largest absolute Gasteiger partial charge is 0.744 e. The van der Waals surface area contributed by atoms with Gasteiger partial charge in [-0.1, -0.05) is 24.3 Å². The summed E-state index contributed by atoms with van der Waals surface area (Å²) in [6.45, 7) is 1.71. The molecule has 0 heterocycles. The molecule has 0 fully saturated rings. The SMILES string of the molecule is Cc1ccc([P+](c2ccccc2)(c2ccc(F)cc2)c2ccc(F)cc2)c(S(=O)(=O)[O-])c1. The van der Waals surface area contributed by atoms with Crippen molar-refractivity contribution in [3.05, 3.63) is 114 Å². The zero-order valence-corrected chi connectivity index (χ0v) is 18.8. The minimum atomic E-state index is -4.85.